The molecule has 7 nitrogen and oxygen atoms in total. The summed E-state index contributed by atoms with van der Waals surface area (Å²) in [6.07, 6.45) is 3.37. The summed E-state index contributed by atoms with van der Waals surface area (Å²) in [5, 5.41) is 4.52. The minimum absolute atomic E-state index is 0.0216. The van der Waals surface area contributed by atoms with Gasteiger partial charge in [-0.05, 0) is 62.7 Å². The van der Waals surface area contributed by atoms with E-state index in [1.165, 1.54) is 16.8 Å². The van der Waals surface area contributed by atoms with Gasteiger partial charge in [0, 0.05) is 43.6 Å². The Labute approximate surface area is 199 Å². The van der Waals surface area contributed by atoms with Crippen molar-refractivity contribution in [1.29, 1.82) is 0 Å². The molecule has 0 saturated carbocycles. The van der Waals surface area contributed by atoms with Crippen molar-refractivity contribution in [3.8, 4) is 17.0 Å². The second-order valence-electron chi connectivity index (χ2n) is 8.65. The number of nitrogens with zero attached hydrogens (tertiary/aromatic N) is 5. The van der Waals surface area contributed by atoms with Crippen LogP contribution in [-0.2, 0) is 0 Å². The number of piperazine rings is 1. The summed E-state index contributed by atoms with van der Waals surface area (Å²) in [5.74, 6) is 0.805. The minimum Gasteiger partial charge on any atom is -0.494 e. The molecule has 0 atom stereocenters. The molecular formula is C27H29N5O2. The summed E-state index contributed by atoms with van der Waals surface area (Å²) >= 11 is 0. The van der Waals surface area contributed by atoms with Gasteiger partial charge in [0.2, 0.25) is 0 Å². The number of ether oxygens (including phenoxy) is 1. The third-order valence-electron chi connectivity index (χ3n) is 6.35. The number of anilines is 1. The van der Waals surface area contributed by atoms with Crippen LogP contribution in [0, 0.1) is 13.8 Å². The van der Waals surface area contributed by atoms with Gasteiger partial charge in [-0.15, -0.1) is 0 Å². The van der Waals surface area contributed by atoms with Crippen LogP contribution in [-0.4, -0.2) is 58.2 Å². The highest BCUT2D eigenvalue weighted by Crippen LogP contribution is 2.26. The first-order valence-corrected chi connectivity index (χ1v) is 11.7. The Hall–Kier alpha value is -3.87. The van der Waals surface area contributed by atoms with Crippen molar-refractivity contribution in [1.82, 2.24) is 19.5 Å². The Balaban J connectivity index is 1.35. The van der Waals surface area contributed by atoms with Crippen LogP contribution < -0.4 is 9.64 Å². The van der Waals surface area contributed by atoms with E-state index in [1.807, 2.05) is 42.2 Å². The van der Waals surface area contributed by atoms with Crippen molar-refractivity contribution in [3.05, 3.63) is 77.6 Å². The molecule has 0 radical (unpaired) electrons. The van der Waals surface area contributed by atoms with E-state index in [4.69, 9.17) is 4.74 Å². The third kappa shape index (κ3) is 4.09. The molecule has 0 bridgehead atoms. The maximum absolute atomic E-state index is 13.4. The first-order valence-electron chi connectivity index (χ1n) is 11.7. The number of hydrogen-bond donors (Lipinski definition) is 0. The molecule has 0 spiro atoms. The first kappa shape index (κ1) is 21.9. The number of fused-ring (bicyclic) bond motifs is 1. The Bertz CT molecular complexity index is 1320. The number of hydrogen-bond acceptors (Lipinski definition) is 5. The molecule has 2 aromatic carbocycles. The smallest absolute Gasteiger partial charge is 0.259 e. The van der Waals surface area contributed by atoms with Crippen molar-refractivity contribution in [2.75, 3.05) is 37.7 Å². The lowest BCUT2D eigenvalue weighted by Gasteiger charge is -2.36. The number of rotatable bonds is 5. The van der Waals surface area contributed by atoms with E-state index in [1.54, 1.807) is 16.9 Å². The highest BCUT2D eigenvalue weighted by Gasteiger charge is 2.26. The third-order valence-corrected chi connectivity index (χ3v) is 6.35. The molecule has 174 valence electrons. The average Bonchev–Trinajstić information content (AvgIpc) is 3.29. The fourth-order valence-corrected chi connectivity index (χ4v) is 4.63. The number of amides is 1. The number of aryl methyl sites for hydroxylation is 2. The van der Waals surface area contributed by atoms with E-state index < -0.39 is 0 Å². The van der Waals surface area contributed by atoms with Crippen LogP contribution in [0.5, 0.6) is 5.75 Å². The van der Waals surface area contributed by atoms with Gasteiger partial charge in [-0.3, -0.25) is 4.79 Å². The van der Waals surface area contributed by atoms with Gasteiger partial charge in [-0.1, -0.05) is 17.7 Å². The monoisotopic (exact) mass is 455 g/mol. The van der Waals surface area contributed by atoms with Gasteiger partial charge < -0.3 is 14.5 Å². The maximum atomic E-state index is 13.4. The van der Waals surface area contributed by atoms with Crippen LogP contribution in [0.2, 0.25) is 0 Å². The molecule has 4 aromatic rings. The SMILES string of the molecule is CCOc1ccc(-c2ccnc3c(C(=O)N4CCN(c5ccc(C)cc5C)CC4)cnn23)cc1. The summed E-state index contributed by atoms with van der Waals surface area (Å²) in [4.78, 5) is 22.1. The zero-order valence-electron chi connectivity index (χ0n) is 19.9. The molecule has 2 aromatic heterocycles. The van der Waals surface area contributed by atoms with E-state index >= 15 is 0 Å². The van der Waals surface area contributed by atoms with Gasteiger partial charge in [0.25, 0.3) is 5.91 Å². The van der Waals surface area contributed by atoms with E-state index in [-0.39, 0.29) is 5.91 Å². The number of aromatic nitrogens is 3. The van der Waals surface area contributed by atoms with E-state index in [0.29, 0.717) is 30.9 Å². The molecule has 0 N–H and O–H groups in total. The molecule has 3 heterocycles. The predicted molar refractivity (Wildman–Crippen MR) is 134 cm³/mol. The second-order valence-corrected chi connectivity index (χ2v) is 8.65. The zero-order valence-corrected chi connectivity index (χ0v) is 19.9. The van der Waals surface area contributed by atoms with Gasteiger partial charge in [-0.25, -0.2) is 9.50 Å². The highest BCUT2D eigenvalue weighted by molar-refractivity contribution is 6.00. The van der Waals surface area contributed by atoms with Crippen LogP contribution in [0.3, 0.4) is 0 Å². The molecule has 7 heteroatoms. The Morgan fingerprint density at radius 1 is 1.00 bits per heavy atom. The molecule has 0 aliphatic carbocycles. The topological polar surface area (TPSA) is 63.0 Å². The van der Waals surface area contributed by atoms with Gasteiger partial charge in [0.1, 0.15) is 11.3 Å². The number of carbonyl (C=O) groups is 1. The molecule has 1 amide bonds. The van der Waals surface area contributed by atoms with Crippen LogP contribution in [0.15, 0.2) is 60.9 Å². The normalized spacial score (nSPS) is 14.0. The lowest BCUT2D eigenvalue weighted by molar-refractivity contribution is 0.0748. The fraction of sp³-hybridized carbons (Fsp3) is 0.296. The molecule has 1 aliphatic rings. The quantitative estimate of drug-likeness (QED) is 0.447. The molecule has 5 rings (SSSR count). The summed E-state index contributed by atoms with van der Waals surface area (Å²) in [6.45, 7) is 9.80. The van der Waals surface area contributed by atoms with E-state index in [9.17, 15) is 4.79 Å². The van der Waals surface area contributed by atoms with Crippen molar-refractivity contribution >= 4 is 17.2 Å². The Morgan fingerprint density at radius 2 is 1.76 bits per heavy atom. The van der Waals surface area contributed by atoms with Crippen LogP contribution >= 0.6 is 0 Å². The zero-order chi connectivity index (χ0) is 23.7. The van der Waals surface area contributed by atoms with E-state index in [2.05, 4.69) is 47.0 Å². The van der Waals surface area contributed by atoms with Crippen molar-refractivity contribution in [2.45, 2.75) is 20.8 Å². The standard InChI is InChI=1S/C27H29N5O2/c1-4-34-22-8-6-21(7-9-22)25-11-12-28-26-23(18-29-32(25)26)27(33)31-15-13-30(14-16-31)24-10-5-19(2)17-20(24)3/h5-12,17-18H,4,13-16H2,1-3H3. The summed E-state index contributed by atoms with van der Waals surface area (Å²) < 4.78 is 7.29. The lowest BCUT2D eigenvalue weighted by Crippen LogP contribution is -2.49. The van der Waals surface area contributed by atoms with E-state index in [0.717, 1.165) is 30.1 Å². The first-order chi connectivity index (χ1) is 16.5. The van der Waals surface area contributed by atoms with Gasteiger partial charge in [0.05, 0.1) is 18.5 Å². The van der Waals surface area contributed by atoms with Gasteiger partial charge in [0.15, 0.2) is 5.65 Å². The Morgan fingerprint density at radius 3 is 2.47 bits per heavy atom. The van der Waals surface area contributed by atoms with Crippen LogP contribution in [0.25, 0.3) is 16.9 Å². The summed E-state index contributed by atoms with van der Waals surface area (Å²) in [7, 11) is 0. The van der Waals surface area contributed by atoms with Crippen LogP contribution in [0.4, 0.5) is 5.69 Å². The minimum atomic E-state index is -0.0216. The fourth-order valence-electron chi connectivity index (χ4n) is 4.63. The number of benzene rings is 2. The second kappa shape index (κ2) is 9.17. The van der Waals surface area contributed by atoms with Crippen molar-refractivity contribution in [3.63, 3.8) is 0 Å². The Kier molecular flexibility index (Phi) is 5.92. The molecule has 1 fully saturated rings. The molecular weight excluding hydrogens is 426 g/mol. The van der Waals surface area contributed by atoms with Gasteiger partial charge in [-0.2, -0.15) is 5.10 Å². The van der Waals surface area contributed by atoms with Gasteiger partial charge >= 0.3 is 0 Å². The molecule has 1 saturated heterocycles. The molecule has 0 unspecified atom stereocenters. The molecule has 34 heavy (non-hydrogen) atoms. The lowest BCUT2D eigenvalue weighted by atomic mass is 10.1. The largest absolute Gasteiger partial charge is 0.494 e. The number of carbonyl (C=O) groups excluding carboxylic acids is 1. The maximum Gasteiger partial charge on any atom is 0.259 e. The highest BCUT2D eigenvalue weighted by atomic mass is 16.5. The molecule has 1 aliphatic heterocycles. The van der Waals surface area contributed by atoms with Crippen molar-refractivity contribution in [2.24, 2.45) is 0 Å². The predicted octanol–water partition coefficient (Wildman–Crippen LogP) is 4.37. The van der Waals surface area contributed by atoms with Crippen molar-refractivity contribution < 1.29 is 9.53 Å². The van der Waals surface area contributed by atoms with Crippen LogP contribution in [0.1, 0.15) is 28.4 Å². The summed E-state index contributed by atoms with van der Waals surface area (Å²) in [6, 6.07) is 16.3. The average molecular weight is 456 g/mol. The summed E-state index contributed by atoms with van der Waals surface area (Å²) in [5.41, 5.74) is 6.76.